The molecular formula is C10H21NO6. The molecule has 0 saturated carbocycles. The van der Waals surface area contributed by atoms with Gasteiger partial charge in [-0.25, -0.2) is 0 Å². The van der Waals surface area contributed by atoms with Gasteiger partial charge in [0.15, 0.2) is 0 Å². The molecule has 0 atom stereocenters. The first-order chi connectivity index (χ1) is 7.76. The Morgan fingerprint density at radius 3 is 1.53 bits per heavy atom. The third kappa shape index (κ3) is 17.4. The average Bonchev–Trinajstić information content (AvgIpc) is 2.18. The summed E-state index contributed by atoms with van der Waals surface area (Å²) in [4.78, 5) is 21.2. The summed E-state index contributed by atoms with van der Waals surface area (Å²) in [6, 6.07) is 0. The van der Waals surface area contributed by atoms with Crippen LogP contribution in [0.2, 0.25) is 0 Å². The van der Waals surface area contributed by atoms with Gasteiger partial charge >= 0.3 is 11.9 Å². The monoisotopic (exact) mass is 251 g/mol. The zero-order valence-electron chi connectivity index (χ0n) is 10.4. The van der Waals surface area contributed by atoms with E-state index in [0.717, 1.165) is 0 Å². The number of rotatable bonds is 5. The van der Waals surface area contributed by atoms with E-state index in [2.05, 4.69) is 15.2 Å². The molecule has 4 N–H and O–H groups in total. The van der Waals surface area contributed by atoms with Crippen LogP contribution in [0, 0.1) is 0 Å². The van der Waals surface area contributed by atoms with E-state index in [9.17, 15) is 9.59 Å². The zero-order valence-corrected chi connectivity index (χ0v) is 10.4. The molecule has 102 valence electrons. The van der Waals surface area contributed by atoms with E-state index in [0.29, 0.717) is 0 Å². The van der Waals surface area contributed by atoms with E-state index >= 15 is 0 Å². The van der Waals surface area contributed by atoms with E-state index in [1.54, 1.807) is 20.8 Å². The van der Waals surface area contributed by atoms with E-state index in [-0.39, 0.29) is 26.1 Å². The minimum atomic E-state index is -1.96. The molecule has 7 nitrogen and oxygen atoms in total. The number of carbonyl (C=O) groups is 2. The molecular weight excluding hydrogens is 230 g/mol. The van der Waals surface area contributed by atoms with Crippen molar-refractivity contribution in [2.45, 2.75) is 39.5 Å². The molecule has 17 heavy (non-hydrogen) atoms. The molecule has 0 amide bonds. The van der Waals surface area contributed by atoms with Crippen molar-refractivity contribution in [2.24, 2.45) is 5.73 Å². The van der Waals surface area contributed by atoms with Crippen molar-refractivity contribution in [3.05, 3.63) is 0 Å². The highest BCUT2D eigenvalue weighted by atomic mass is 16.6. The van der Waals surface area contributed by atoms with Crippen molar-refractivity contribution in [3.63, 3.8) is 0 Å². The highest BCUT2D eigenvalue weighted by molar-refractivity contribution is 5.91. The first kappa shape index (κ1) is 18.2. The molecule has 0 bridgehead atoms. The van der Waals surface area contributed by atoms with E-state index in [4.69, 9.17) is 10.2 Å². The molecule has 0 fully saturated rings. The fourth-order valence-electron chi connectivity index (χ4n) is 0.542. The first-order valence-corrected chi connectivity index (χ1v) is 5.31. The van der Waals surface area contributed by atoms with Gasteiger partial charge in [-0.1, -0.05) is 6.92 Å². The molecule has 0 saturated heterocycles. The maximum Gasteiger partial charge on any atom is 0.317 e. The van der Waals surface area contributed by atoms with Gasteiger partial charge in [0, 0.05) is 6.42 Å². The number of hydrogen-bond acceptors (Lipinski definition) is 7. The molecule has 0 aliphatic rings. The Balaban J connectivity index is 0. The summed E-state index contributed by atoms with van der Waals surface area (Å²) in [5.74, 6) is -3.03. The van der Waals surface area contributed by atoms with E-state index in [1.807, 2.05) is 0 Å². The Morgan fingerprint density at radius 2 is 1.35 bits per heavy atom. The summed E-state index contributed by atoms with van der Waals surface area (Å²) in [6.45, 7) is 5.53. The Bertz CT molecular complexity index is 207. The topological polar surface area (TPSA) is 119 Å². The predicted molar refractivity (Wildman–Crippen MR) is 59.5 cm³/mol. The van der Waals surface area contributed by atoms with Crippen molar-refractivity contribution in [1.82, 2.24) is 0 Å². The minimum Gasteiger partial charge on any atom is -0.466 e. The molecule has 0 heterocycles. The maximum atomic E-state index is 10.6. The van der Waals surface area contributed by atoms with Crippen molar-refractivity contribution in [1.29, 1.82) is 0 Å². The smallest absolute Gasteiger partial charge is 0.317 e. The Hall–Kier alpha value is -1.18. The number of hydrogen-bond donors (Lipinski definition) is 3. The fraction of sp³-hybridized carbons (Fsp3) is 0.800. The number of aliphatic hydroxyl groups is 2. The average molecular weight is 251 g/mol. The predicted octanol–water partition coefficient (Wildman–Crippen LogP) is -0.504. The summed E-state index contributed by atoms with van der Waals surface area (Å²) < 4.78 is 9.04. The summed E-state index contributed by atoms with van der Waals surface area (Å²) in [5, 5.41) is 16.3. The summed E-state index contributed by atoms with van der Waals surface area (Å²) in [6.07, 6.45) is -0.130. The second kappa shape index (κ2) is 10.0. The highest BCUT2D eigenvalue weighted by Gasteiger charge is 2.10. The van der Waals surface area contributed by atoms with Crippen LogP contribution in [-0.2, 0) is 19.1 Å². The summed E-state index contributed by atoms with van der Waals surface area (Å²) >= 11 is 0. The lowest BCUT2D eigenvalue weighted by Gasteiger charge is -2.10. The van der Waals surface area contributed by atoms with Gasteiger partial charge < -0.3 is 19.7 Å². The van der Waals surface area contributed by atoms with Gasteiger partial charge in [0.1, 0.15) is 6.42 Å². The minimum absolute atomic E-state index is 0.160. The van der Waals surface area contributed by atoms with Gasteiger partial charge in [0.2, 0.25) is 5.91 Å². The molecule has 0 unspecified atom stereocenters. The zero-order chi connectivity index (χ0) is 13.9. The lowest BCUT2D eigenvalue weighted by Crippen LogP contribution is -2.37. The summed E-state index contributed by atoms with van der Waals surface area (Å²) in [5.41, 5.74) is 4.65. The van der Waals surface area contributed by atoms with Crippen LogP contribution in [0.25, 0.3) is 0 Å². The second-order valence-electron chi connectivity index (χ2n) is 3.02. The number of carbonyl (C=O) groups excluding carboxylic acids is 2. The van der Waals surface area contributed by atoms with Crippen LogP contribution in [0.1, 0.15) is 33.6 Å². The fourth-order valence-corrected chi connectivity index (χ4v) is 0.542. The molecule has 0 aromatic heterocycles. The summed E-state index contributed by atoms with van der Waals surface area (Å²) in [7, 11) is 0. The van der Waals surface area contributed by atoms with E-state index in [1.165, 1.54) is 0 Å². The third-order valence-electron chi connectivity index (χ3n) is 1.42. The molecule has 0 aliphatic carbocycles. The van der Waals surface area contributed by atoms with Crippen LogP contribution < -0.4 is 5.73 Å². The van der Waals surface area contributed by atoms with Gasteiger partial charge in [-0.15, -0.1) is 0 Å². The van der Waals surface area contributed by atoms with Crippen molar-refractivity contribution in [2.75, 3.05) is 13.2 Å². The van der Waals surface area contributed by atoms with Crippen LogP contribution in [0.4, 0.5) is 0 Å². The first-order valence-electron chi connectivity index (χ1n) is 5.31. The standard InChI is InChI=1S/C7H12O4.C3H9NO2/c1-3-10-6(8)5-7(9)11-4-2;1-2-3(4,5)6/h3-5H2,1-2H3;5-6H,2,4H2,1H3. The normalized spacial score (nSPS) is 10.0. The van der Waals surface area contributed by atoms with Crippen LogP contribution in [0.5, 0.6) is 0 Å². The second-order valence-corrected chi connectivity index (χ2v) is 3.02. The van der Waals surface area contributed by atoms with Gasteiger partial charge in [-0.3, -0.25) is 15.3 Å². The van der Waals surface area contributed by atoms with Gasteiger partial charge in [0.05, 0.1) is 13.2 Å². The highest BCUT2D eigenvalue weighted by Crippen LogP contribution is 1.90. The van der Waals surface area contributed by atoms with Gasteiger partial charge in [0.25, 0.3) is 0 Å². The van der Waals surface area contributed by atoms with Gasteiger partial charge in [-0.2, -0.15) is 0 Å². The molecule has 0 spiro atoms. The van der Waals surface area contributed by atoms with E-state index < -0.39 is 17.8 Å². The SMILES string of the molecule is CCC(N)(O)O.CCOC(=O)CC(=O)OCC. The third-order valence-corrected chi connectivity index (χ3v) is 1.42. The lowest BCUT2D eigenvalue weighted by atomic mass is 10.4. The Kier molecular flexibility index (Phi) is 10.7. The molecule has 0 rings (SSSR count). The Labute approximate surface area is 101 Å². The van der Waals surface area contributed by atoms with Crippen molar-refractivity contribution >= 4 is 11.9 Å². The van der Waals surface area contributed by atoms with Crippen molar-refractivity contribution < 1.29 is 29.3 Å². The quantitative estimate of drug-likeness (QED) is 0.342. The molecule has 0 aromatic carbocycles. The maximum absolute atomic E-state index is 10.6. The molecule has 0 aromatic rings. The Morgan fingerprint density at radius 1 is 1.06 bits per heavy atom. The number of esters is 2. The number of ether oxygens (including phenoxy) is 2. The molecule has 0 aliphatic heterocycles. The number of nitrogens with two attached hydrogens (primary N) is 1. The van der Waals surface area contributed by atoms with Crippen LogP contribution >= 0.6 is 0 Å². The lowest BCUT2D eigenvalue weighted by molar-refractivity contribution is -0.157. The van der Waals surface area contributed by atoms with Crippen LogP contribution in [-0.4, -0.2) is 41.3 Å². The van der Waals surface area contributed by atoms with Crippen LogP contribution in [0.15, 0.2) is 0 Å². The molecule has 0 radical (unpaired) electrons. The largest absolute Gasteiger partial charge is 0.466 e. The van der Waals surface area contributed by atoms with Crippen molar-refractivity contribution in [3.8, 4) is 0 Å². The molecule has 7 heteroatoms. The van der Waals surface area contributed by atoms with Gasteiger partial charge in [-0.05, 0) is 13.8 Å². The van der Waals surface area contributed by atoms with Crippen LogP contribution in [0.3, 0.4) is 0 Å².